The minimum atomic E-state index is -0.481. The van der Waals surface area contributed by atoms with Crippen LogP contribution in [-0.4, -0.2) is 0 Å². The summed E-state index contributed by atoms with van der Waals surface area (Å²) in [5.41, 5.74) is 6.29. The molecule has 0 aliphatic heterocycles. The number of rotatable bonds is 2. The molecule has 0 aliphatic rings. The molecule has 1 aromatic carbocycles. The van der Waals surface area contributed by atoms with Crippen LogP contribution in [0.4, 0.5) is 4.39 Å². The second-order valence-corrected chi connectivity index (χ2v) is 3.80. The molecule has 0 spiro atoms. The maximum atomic E-state index is 12.7. The maximum absolute atomic E-state index is 12.7. The van der Waals surface area contributed by atoms with Crippen molar-refractivity contribution in [1.82, 2.24) is 0 Å². The molecule has 0 aromatic heterocycles. The summed E-state index contributed by atoms with van der Waals surface area (Å²) < 4.78 is 12.7. The average molecular weight is 202 g/mol. The van der Waals surface area contributed by atoms with Gasteiger partial charge >= 0.3 is 0 Å². The van der Waals surface area contributed by atoms with Crippen molar-refractivity contribution in [3.63, 3.8) is 0 Å². The highest BCUT2D eigenvalue weighted by atomic mass is 35.5. The Hall–Kier alpha value is -0.600. The van der Waals surface area contributed by atoms with Crippen LogP contribution in [0.25, 0.3) is 0 Å². The van der Waals surface area contributed by atoms with E-state index in [9.17, 15) is 4.39 Å². The summed E-state index contributed by atoms with van der Waals surface area (Å²) in [7, 11) is 0. The van der Waals surface area contributed by atoms with Gasteiger partial charge < -0.3 is 5.73 Å². The third-order valence-corrected chi connectivity index (χ3v) is 2.59. The van der Waals surface area contributed by atoms with Crippen molar-refractivity contribution in [1.29, 1.82) is 0 Å². The lowest BCUT2D eigenvalue weighted by Crippen LogP contribution is -2.32. The van der Waals surface area contributed by atoms with E-state index < -0.39 is 5.54 Å². The topological polar surface area (TPSA) is 26.0 Å². The molecule has 0 aliphatic carbocycles. The summed E-state index contributed by atoms with van der Waals surface area (Å²) >= 11 is 5.87. The molecular formula is C10H13ClFN. The first-order valence-electron chi connectivity index (χ1n) is 4.22. The van der Waals surface area contributed by atoms with Gasteiger partial charge in [0.1, 0.15) is 5.82 Å². The Bertz CT molecular complexity index is 310. The van der Waals surface area contributed by atoms with Crippen molar-refractivity contribution in [2.75, 3.05) is 0 Å². The fraction of sp³-hybridized carbons (Fsp3) is 0.400. The van der Waals surface area contributed by atoms with Gasteiger partial charge in [-0.05, 0) is 31.0 Å². The Balaban J connectivity index is 3.16. The number of benzene rings is 1. The minimum absolute atomic E-state index is 0.333. The number of nitrogens with two attached hydrogens (primary N) is 1. The Kier molecular flexibility index (Phi) is 2.94. The highest BCUT2D eigenvalue weighted by Gasteiger charge is 2.21. The van der Waals surface area contributed by atoms with Crippen LogP contribution in [0.1, 0.15) is 25.8 Å². The van der Waals surface area contributed by atoms with E-state index in [4.69, 9.17) is 17.3 Å². The third-order valence-electron chi connectivity index (χ3n) is 2.28. The maximum Gasteiger partial charge on any atom is 0.124 e. The summed E-state index contributed by atoms with van der Waals surface area (Å²) in [5.74, 6) is -0.333. The quantitative estimate of drug-likeness (QED) is 0.782. The standard InChI is InChI=1S/C10H13ClFN/c1-3-10(2,13)8-5-4-7(12)6-9(8)11/h4-6H,3,13H2,1-2H3. The van der Waals surface area contributed by atoms with Gasteiger partial charge in [0.15, 0.2) is 0 Å². The van der Waals surface area contributed by atoms with Gasteiger partial charge in [-0.15, -0.1) is 0 Å². The van der Waals surface area contributed by atoms with Crippen molar-refractivity contribution in [2.24, 2.45) is 5.73 Å². The summed E-state index contributed by atoms with van der Waals surface area (Å²) in [5, 5.41) is 0.395. The molecule has 0 radical (unpaired) electrons. The van der Waals surface area contributed by atoms with Crippen molar-refractivity contribution >= 4 is 11.6 Å². The molecule has 0 amide bonds. The van der Waals surface area contributed by atoms with Gasteiger partial charge in [0, 0.05) is 10.6 Å². The van der Waals surface area contributed by atoms with Gasteiger partial charge in [-0.25, -0.2) is 4.39 Å². The highest BCUT2D eigenvalue weighted by molar-refractivity contribution is 6.31. The molecule has 0 fully saturated rings. The first-order chi connectivity index (χ1) is 5.97. The summed E-state index contributed by atoms with van der Waals surface area (Å²) in [6.07, 6.45) is 0.762. The SMILES string of the molecule is CCC(C)(N)c1ccc(F)cc1Cl. The first kappa shape index (κ1) is 10.5. The Morgan fingerprint density at radius 3 is 2.62 bits per heavy atom. The van der Waals surface area contributed by atoms with Crippen molar-refractivity contribution in [2.45, 2.75) is 25.8 Å². The Morgan fingerprint density at radius 2 is 2.15 bits per heavy atom. The molecule has 1 unspecified atom stereocenters. The first-order valence-corrected chi connectivity index (χ1v) is 4.59. The second kappa shape index (κ2) is 3.64. The van der Waals surface area contributed by atoms with Crippen molar-refractivity contribution in [3.8, 4) is 0 Å². The molecule has 72 valence electrons. The molecule has 1 aromatic rings. The average Bonchev–Trinajstić information content (AvgIpc) is 2.03. The lowest BCUT2D eigenvalue weighted by atomic mass is 9.90. The molecule has 0 heterocycles. The van der Waals surface area contributed by atoms with Crippen molar-refractivity contribution < 1.29 is 4.39 Å². The third kappa shape index (κ3) is 2.20. The molecule has 1 atom stereocenters. The van der Waals surface area contributed by atoms with Crippen LogP contribution in [0.15, 0.2) is 18.2 Å². The molecular weight excluding hydrogens is 189 g/mol. The van der Waals surface area contributed by atoms with E-state index in [0.29, 0.717) is 5.02 Å². The van der Waals surface area contributed by atoms with Crippen molar-refractivity contribution in [3.05, 3.63) is 34.6 Å². The summed E-state index contributed by atoms with van der Waals surface area (Å²) in [4.78, 5) is 0. The van der Waals surface area contributed by atoms with E-state index in [2.05, 4.69) is 0 Å². The van der Waals surface area contributed by atoms with Gasteiger partial charge in [-0.3, -0.25) is 0 Å². The van der Waals surface area contributed by atoms with E-state index >= 15 is 0 Å². The normalized spacial score (nSPS) is 15.5. The molecule has 2 N–H and O–H groups in total. The van der Waals surface area contributed by atoms with Crippen LogP contribution in [-0.2, 0) is 5.54 Å². The predicted molar refractivity (Wildman–Crippen MR) is 53.2 cm³/mol. The molecule has 3 heteroatoms. The zero-order valence-electron chi connectivity index (χ0n) is 7.77. The molecule has 13 heavy (non-hydrogen) atoms. The number of hydrogen-bond acceptors (Lipinski definition) is 1. The molecule has 0 saturated carbocycles. The molecule has 0 saturated heterocycles. The van der Waals surface area contributed by atoms with Gasteiger partial charge in [0.2, 0.25) is 0 Å². The van der Waals surface area contributed by atoms with Crippen LogP contribution in [0.5, 0.6) is 0 Å². The van der Waals surface area contributed by atoms with Gasteiger partial charge in [0.25, 0.3) is 0 Å². The Morgan fingerprint density at radius 1 is 1.54 bits per heavy atom. The molecule has 1 rings (SSSR count). The smallest absolute Gasteiger partial charge is 0.124 e. The number of hydrogen-bond donors (Lipinski definition) is 1. The monoisotopic (exact) mass is 201 g/mol. The van der Waals surface area contributed by atoms with E-state index in [-0.39, 0.29) is 5.82 Å². The minimum Gasteiger partial charge on any atom is -0.322 e. The lowest BCUT2D eigenvalue weighted by Gasteiger charge is -2.24. The largest absolute Gasteiger partial charge is 0.322 e. The zero-order chi connectivity index (χ0) is 10.1. The summed E-state index contributed by atoms with van der Waals surface area (Å²) in [6, 6.07) is 4.31. The zero-order valence-corrected chi connectivity index (χ0v) is 8.53. The lowest BCUT2D eigenvalue weighted by molar-refractivity contribution is 0.475. The van der Waals surface area contributed by atoms with Crippen LogP contribution < -0.4 is 5.73 Å². The Labute approximate surface area is 82.7 Å². The molecule has 1 nitrogen and oxygen atoms in total. The predicted octanol–water partition coefficient (Wildman–Crippen LogP) is 3.06. The second-order valence-electron chi connectivity index (χ2n) is 3.40. The summed E-state index contributed by atoms with van der Waals surface area (Å²) in [6.45, 7) is 3.85. The van der Waals surface area contributed by atoms with E-state index in [1.165, 1.54) is 12.1 Å². The fourth-order valence-corrected chi connectivity index (χ4v) is 1.53. The van der Waals surface area contributed by atoms with Crippen LogP contribution >= 0.6 is 11.6 Å². The van der Waals surface area contributed by atoms with Crippen LogP contribution in [0.3, 0.4) is 0 Å². The van der Waals surface area contributed by atoms with E-state index in [1.807, 2.05) is 13.8 Å². The van der Waals surface area contributed by atoms with Gasteiger partial charge in [-0.2, -0.15) is 0 Å². The fourth-order valence-electron chi connectivity index (χ4n) is 1.14. The van der Waals surface area contributed by atoms with Gasteiger partial charge in [-0.1, -0.05) is 24.6 Å². The van der Waals surface area contributed by atoms with Crippen LogP contribution in [0, 0.1) is 5.82 Å². The number of halogens is 2. The van der Waals surface area contributed by atoms with Crippen LogP contribution in [0.2, 0.25) is 5.02 Å². The molecule has 0 bridgehead atoms. The highest BCUT2D eigenvalue weighted by Crippen LogP contribution is 2.28. The van der Waals surface area contributed by atoms with Gasteiger partial charge in [0.05, 0.1) is 0 Å². The van der Waals surface area contributed by atoms with E-state index in [0.717, 1.165) is 12.0 Å². The van der Waals surface area contributed by atoms with E-state index in [1.54, 1.807) is 6.07 Å².